The summed E-state index contributed by atoms with van der Waals surface area (Å²) in [5.74, 6) is -0.241. The van der Waals surface area contributed by atoms with Gasteiger partial charge in [-0.15, -0.1) is 0 Å². The summed E-state index contributed by atoms with van der Waals surface area (Å²) in [6.07, 6.45) is 0. The third kappa shape index (κ3) is 3.89. The van der Waals surface area contributed by atoms with Crippen molar-refractivity contribution in [3.8, 4) is 0 Å². The van der Waals surface area contributed by atoms with Crippen LogP contribution in [0.5, 0.6) is 0 Å². The molecule has 0 amide bonds. The molecule has 5 heteroatoms. The summed E-state index contributed by atoms with van der Waals surface area (Å²) >= 11 is 9.25. The number of anilines is 1. The van der Waals surface area contributed by atoms with Gasteiger partial charge in [0.15, 0.2) is 0 Å². The van der Waals surface area contributed by atoms with E-state index in [0.29, 0.717) is 11.6 Å². The predicted molar refractivity (Wildman–Crippen MR) is 73.4 cm³/mol. The third-order valence-corrected chi connectivity index (χ3v) is 3.28. The Morgan fingerprint density at radius 3 is 2.71 bits per heavy atom. The molecule has 0 spiro atoms. The van der Waals surface area contributed by atoms with E-state index in [2.05, 4.69) is 21.2 Å². The molecule has 17 heavy (non-hydrogen) atoms. The Morgan fingerprint density at radius 1 is 1.53 bits per heavy atom. The van der Waals surface area contributed by atoms with Gasteiger partial charge in [0.1, 0.15) is 0 Å². The Morgan fingerprint density at radius 2 is 2.18 bits per heavy atom. The zero-order valence-electron chi connectivity index (χ0n) is 10.0. The summed E-state index contributed by atoms with van der Waals surface area (Å²) in [4.78, 5) is 11.5. The second kappa shape index (κ2) is 5.74. The molecule has 0 unspecified atom stereocenters. The van der Waals surface area contributed by atoms with Gasteiger partial charge in [-0.25, -0.2) is 0 Å². The van der Waals surface area contributed by atoms with Crippen LogP contribution in [0.25, 0.3) is 0 Å². The first kappa shape index (κ1) is 14.3. The van der Waals surface area contributed by atoms with E-state index in [4.69, 9.17) is 16.3 Å². The summed E-state index contributed by atoms with van der Waals surface area (Å²) in [7, 11) is 1.39. The van der Waals surface area contributed by atoms with Crippen LogP contribution in [-0.2, 0) is 9.53 Å². The minimum atomic E-state index is -0.576. The lowest BCUT2D eigenvalue weighted by atomic mass is 9.93. The number of ether oxygens (including phenoxy) is 1. The average molecular weight is 321 g/mol. The molecule has 0 aliphatic heterocycles. The molecule has 0 radical (unpaired) electrons. The zero-order chi connectivity index (χ0) is 13.1. The van der Waals surface area contributed by atoms with Gasteiger partial charge in [-0.1, -0.05) is 11.6 Å². The van der Waals surface area contributed by atoms with Crippen LogP contribution >= 0.6 is 27.5 Å². The van der Waals surface area contributed by atoms with Crippen molar-refractivity contribution in [2.75, 3.05) is 19.0 Å². The quantitative estimate of drug-likeness (QED) is 0.859. The van der Waals surface area contributed by atoms with Gasteiger partial charge in [-0.05, 0) is 48.0 Å². The molecule has 0 aliphatic carbocycles. The van der Waals surface area contributed by atoms with Gasteiger partial charge in [0.05, 0.1) is 12.5 Å². The molecule has 94 valence electrons. The fraction of sp³-hybridized carbons (Fsp3) is 0.417. The van der Waals surface area contributed by atoms with Crippen molar-refractivity contribution in [3.05, 3.63) is 27.7 Å². The lowest BCUT2D eigenvalue weighted by molar-refractivity contribution is -0.149. The molecule has 0 saturated carbocycles. The number of hydrogen-bond acceptors (Lipinski definition) is 3. The number of methoxy groups -OCH3 is 1. The number of esters is 1. The maximum atomic E-state index is 11.5. The van der Waals surface area contributed by atoms with Crippen molar-refractivity contribution in [2.45, 2.75) is 13.8 Å². The fourth-order valence-corrected chi connectivity index (χ4v) is 2.12. The van der Waals surface area contributed by atoms with E-state index in [0.717, 1.165) is 10.2 Å². The number of halogens is 2. The van der Waals surface area contributed by atoms with Crippen LogP contribution in [0.4, 0.5) is 5.69 Å². The minimum Gasteiger partial charge on any atom is -0.469 e. The number of hydrogen-bond donors (Lipinski definition) is 1. The van der Waals surface area contributed by atoms with Crippen LogP contribution in [0, 0.1) is 5.41 Å². The molecule has 0 heterocycles. The highest BCUT2D eigenvalue weighted by atomic mass is 79.9. The Bertz CT molecular complexity index is 421. The van der Waals surface area contributed by atoms with E-state index < -0.39 is 5.41 Å². The highest BCUT2D eigenvalue weighted by Gasteiger charge is 2.28. The Labute approximate surface area is 115 Å². The van der Waals surface area contributed by atoms with E-state index in [9.17, 15) is 4.79 Å². The molecule has 0 aromatic heterocycles. The van der Waals surface area contributed by atoms with Crippen LogP contribution in [-0.4, -0.2) is 19.6 Å². The topological polar surface area (TPSA) is 38.3 Å². The molecule has 1 rings (SSSR count). The number of benzene rings is 1. The average Bonchev–Trinajstić information content (AvgIpc) is 2.26. The van der Waals surface area contributed by atoms with E-state index in [1.807, 2.05) is 19.9 Å². The standard InChI is InChI=1S/C12H15BrClNO2/c1-12(2,11(16)17-3)7-15-10-5-4-8(14)6-9(10)13/h4-6,15H,7H2,1-3H3. The van der Waals surface area contributed by atoms with Crippen LogP contribution in [0.2, 0.25) is 5.02 Å². The molecular weight excluding hydrogens is 305 g/mol. The second-order valence-corrected chi connectivity index (χ2v) is 5.64. The van der Waals surface area contributed by atoms with Crippen molar-refractivity contribution in [2.24, 2.45) is 5.41 Å². The van der Waals surface area contributed by atoms with Crippen molar-refractivity contribution in [3.63, 3.8) is 0 Å². The van der Waals surface area contributed by atoms with E-state index >= 15 is 0 Å². The zero-order valence-corrected chi connectivity index (χ0v) is 12.4. The Balaban J connectivity index is 2.70. The van der Waals surface area contributed by atoms with Gasteiger partial charge in [0, 0.05) is 21.7 Å². The summed E-state index contributed by atoms with van der Waals surface area (Å²) in [6, 6.07) is 5.45. The Hall–Kier alpha value is -0.740. The van der Waals surface area contributed by atoms with Crippen molar-refractivity contribution < 1.29 is 9.53 Å². The van der Waals surface area contributed by atoms with E-state index in [-0.39, 0.29) is 5.97 Å². The molecule has 1 N–H and O–H groups in total. The van der Waals surface area contributed by atoms with Gasteiger partial charge in [-0.2, -0.15) is 0 Å². The van der Waals surface area contributed by atoms with E-state index in [1.54, 1.807) is 12.1 Å². The maximum Gasteiger partial charge on any atom is 0.313 e. The lowest BCUT2D eigenvalue weighted by Gasteiger charge is -2.22. The first-order valence-electron chi connectivity index (χ1n) is 5.14. The normalized spacial score (nSPS) is 11.1. The predicted octanol–water partition coefficient (Wildman–Crippen LogP) is 3.71. The molecule has 0 fully saturated rings. The van der Waals surface area contributed by atoms with Gasteiger partial charge in [-0.3, -0.25) is 4.79 Å². The molecule has 1 aromatic rings. The molecule has 0 bridgehead atoms. The number of carbonyl (C=O) groups excluding carboxylic acids is 1. The van der Waals surface area contributed by atoms with Gasteiger partial charge in [0.2, 0.25) is 0 Å². The molecule has 0 atom stereocenters. The van der Waals surface area contributed by atoms with Crippen LogP contribution in [0.15, 0.2) is 22.7 Å². The first-order valence-corrected chi connectivity index (χ1v) is 6.31. The van der Waals surface area contributed by atoms with E-state index in [1.165, 1.54) is 7.11 Å². The summed E-state index contributed by atoms with van der Waals surface area (Å²) in [5.41, 5.74) is 0.319. The summed E-state index contributed by atoms with van der Waals surface area (Å²) in [5, 5.41) is 3.85. The smallest absolute Gasteiger partial charge is 0.313 e. The highest BCUT2D eigenvalue weighted by molar-refractivity contribution is 9.10. The maximum absolute atomic E-state index is 11.5. The monoisotopic (exact) mass is 319 g/mol. The second-order valence-electron chi connectivity index (χ2n) is 4.35. The Kier molecular flexibility index (Phi) is 4.83. The van der Waals surface area contributed by atoms with Crippen molar-refractivity contribution in [1.82, 2.24) is 0 Å². The lowest BCUT2D eigenvalue weighted by Crippen LogP contribution is -2.33. The molecule has 3 nitrogen and oxygen atoms in total. The first-order chi connectivity index (χ1) is 7.86. The van der Waals surface area contributed by atoms with Crippen LogP contribution in [0.1, 0.15) is 13.8 Å². The summed E-state index contributed by atoms with van der Waals surface area (Å²) in [6.45, 7) is 4.14. The number of carbonyl (C=O) groups is 1. The molecular formula is C12H15BrClNO2. The number of nitrogens with one attached hydrogen (secondary N) is 1. The highest BCUT2D eigenvalue weighted by Crippen LogP contribution is 2.27. The molecule has 0 aliphatic rings. The van der Waals surface area contributed by atoms with Gasteiger partial charge < -0.3 is 10.1 Å². The molecule has 1 aromatic carbocycles. The van der Waals surface area contributed by atoms with Gasteiger partial charge in [0.25, 0.3) is 0 Å². The van der Waals surface area contributed by atoms with Crippen LogP contribution < -0.4 is 5.32 Å². The van der Waals surface area contributed by atoms with Gasteiger partial charge >= 0.3 is 5.97 Å². The summed E-state index contributed by atoms with van der Waals surface area (Å²) < 4.78 is 5.61. The minimum absolute atomic E-state index is 0.241. The van der Waals surface area contributed by atoms with Crippen molar-refractivity contribution in [1.29, 1.82) is 0 Å². The fourth-order valence-electron chi connectivity index (χ4n) is 1.30. The van der Waals surface area contributed by atoms with Crippen LogP contribution in [0.3, 0.4) is 0 Å². The SMILES string of the molecule is COC(=O)C(C)(C)CNc1ccc(Cl)cc1Br. The largest absolute Gasteiger partial charge is 0.469 e. The number of rotatable bonds is 4. The van der Waals surface area contributed by atoms with Crippen molar-refractivity contribution >= 4 is 39.2 Å². The molecule has 0 saturated heterocycles. The third-order valence-electron chi connectivity index (χ3n) is 2.39.